The molecule has 1 saturated carbocycles. The van der Waals surface area contributed by atoms with E-state index in [1.54, 1.807) is 0 Å². The molecule has 1 aromatic carbocycles. The minimum atomic E-state index is 0.354. The Labute approximate surface area is 111 Å². The number of aromatic nitrogens is 1. The average molecular weight is 265 g/mol. The zero-order valence-corrected chi connectivity index (χ0v) is 11.0. The first kappa shape index (κ1) is 12.0. The van der Waals surface area contributed by atoms with Crippen molar-refractivity contribution in [2.75, 3.05) is 6.54 Å². The SMILES string of the molecule is NCC1CCCCC1c1nc2cccc(Cl)c2o1. The Hall–Kier alpha value is -1.06. The van der Waals surface area contributed by atoms with Crippen LogP contribution in [0.3, 0.4) is 0 Å². The summed E-state index contributed by atoms with van der Waals surface area (Å²) in [6.45, 7) is 0.705. The van der Waals surface area contributed by atoms with Crippen molar-refractivity contribution in [1.29, 1.82) is 0 Å². The minimum absolute atomic E-state index is 0.354. The van der Waals surface area contributed by atoms with Gasteiger partial charge in [-0.2, -0.15) is 0 Å². The molecule has 2 atom stereocenters. The number of benzene rings is 1. The van der Waals surface area contributed by atoms with E-state index >= 15 is 0 Å². The van der Waals surface area contributed by atoms with Gasteiger partial charge in [-0.3, -0.25) is 0 Å². The van der Waals surface area contributed by atoms with Crippen molar-refractivity contribution in [3.8, 4) is 0 Å². The highest BCUT2D eigenvalue weighted by atomic mass is 35.5. The van der Waals surface area contributed by atoms with Crippen LogP contribution < -0.4 is 5.73 Å². The van der Waals surface area contributed by atoms with Crippen LogP contribution in [0, 0.1) is 5.92 Å². The quantitative estimate of drug-likeness (QED) is 0.900. The second kappa shape index (κ2) is 4.90. The second-order valence-electron chi connectivity index (χ2n) is 5.03. The van der Waals surface area contributed by atoms with Gasteiger partial charge in [0.05, 0.1) is 5.02 Å². The molecule has 3 nitrogen and oxygen atoms in total. The molecule has 18 heavy (non-hydrogen) atoms. The van der Waals surface area contributed by atoms with E-state index in [1.807, 2.05) is 18.2 Å². The summed E-state index contributed by atoms with van der Waals surface area (Å²) in [4.78, 5) is 4.59. The van der Waals surface area contributed by atoms with Crippen molar-refractivity contribution in [3.05, 3.63) is 29.1 Å². The number of nitrogens with zero attached hydrogens (tertiary/aromatic N) is 1. The average Bonchev–Trinajstić information content (AvgIpc) is 2.84. The molecule has 0 aliphatic heterocycles. The summed E-state index contributed by atoms with van der Waals surface area (Å²) >= 11 is 6.12. The number of fused-ring (bicyclic) bond motifs is 1. The van der Waals surface area contributed by atoms with E-state index in [4.69, 9.17) is 21.8 Å². The lowest BCUT2D eigenvalue weighted by atomic mass is 9.79. The zero-order valence-electron chi connectivity index (χ0n) is 10.2. The van der Waals surface area contributed by atoms with Gasteiger partial charge in [-0.05, 0) is 37.4 Å². The maximum atomic E-state index is 6.12. The molecule has 2 N–H and O–H groups in total. The van der Waals surface area contributed by atoms with Crippen LogP contribution >= 0.6 is 11.6 Å². The highest BCUT2D eigenvalue weighted by Crippen LogP contribution is 2.38. The van der Waals surface area contributed by atoms with Crippen LogP contribution in [0.4, 0.5) is 0 Å². The van der Waals surface area contributed by atoms with E-state index < -0.39 is 0 Å². The predicted octanol–water partition coefficient (Wildman–Crippen LogP) is 3.71. The monoisotopic (exact) mass is 264 g/mol. The fourth-order valence-electron chi connectivity index (χ4n) is 2.91. The largest absolute Gasteiger partial charge is 0.439 e. The van der Waals surface area contributed by atoms with Crippen molar-refractivity contribution in [3.63, 3.8) is 0 Å². The van der Waals surface area contributed by atoms with Crippen LogP contribution in [0.15, 0.2) is 22.6 Å². The maximum absolute atomic E-state index is 6.12. The molecule has 2 aromatic rings. The Morgan fingerprint density at radius 3 is 2.94 bits per heavy atom. The molecular formula is C14H17ClN2O. The van der Waals surface area contributed by atoms with E-state index in [1.165, 1.54) is 19.3 Å². The summed E-state index contributed by atoms with van der Waals surface area (Å²) in [5, 5.41) is 0.631. The van der Waals surface area contributed by atoms with Gasteiger partial charge in [0.2, 0.25) is 0 Å². The van der Waals surface area contributed by atoms with Crippen molar-refractivity contribution < 1.29 is 4.42 Å². The number of nitrogens with two attached hydrogens (primary N) is 1. The van der Waals surface area contributed by atoms with E-state index in [0.29, 0.717) is 29.0 Å². The van der Waals surface area contributed by atoms with Gasteiger partial charge >= 0.3 is 0 Å². The Kier molecular flexibility index (Phi) is 3.27. The number of para-hydroxylation sites is 1. The van der Waals surface area contributed by atoms with Gasteiger partial charge in [0, 0.05) is 5.92 Å². The van der Waals surface area contributed by atoms with Gasteiger partial charge < -0.3 is 10.2 Å². The van der Waals surface area contributed by atoms with Crippen LogP contribution in [0.1, 0.15) is 37.5 Å². The van der Waals surface area contributed by atoms with Crippen molar-refractivity contribution in [2.24, 2.45) is 11.7 Å². The molecule has 1 aliphatic rings. The number of hydrogen-bond acceptors (Lipinski definition) is 3. The molecule has 0 bridgehead atoms. The standard InChI is InChI=1S/C14H17ClN2O/c15-11-6-3-7-12-13(11)18-14(17-12)10-5-2-1-4-9(10)8-16/h3,6-7,9-10H,1-2,4-5,8,16H2. The first-order valence-corrected chi connectivity index (χ1v) is 6.92. The third-order valence-electron chi connectivity index (χ3n) is 3.91. The van der Waals surface area contributed by atoms with Gasteiger partial charge in [-0.25, -0.2) is 4.98 Å². The van der Waals surface area contributed by atoms with Gasteiger partial charge in [-0.15, -0.1) is 0 Å². The second-order valence-corrected chi connectivity index (χ2v) is 5.43. The molecule has 2 unspecified atom stereocenters. The van der Waals surface area contributed by atoms with Crippen LogP contribution in [-0.4, -0.2) is 11.5 Å². The van der Waals surface area contributed by atoms with Gasteiger partial charge in [0.1, 0.15) is 5.52 Å². The summed E-state index contributed by atoms with van der Waals surface area (Å²) in [6, 6.07) is 5.67. The fourth-order valence-corrected chi connectivity index (χ4v) is 3.11. The van der Waals surface area contributed by atoms with E-state index in [0.717, 1.165) is 17.8 Å². The smallest absolute Gasteiger partial charge is 0.199 e. The minimum Gasteiger partial charge on any atom is -0.439 e. The lowest BCUT2D eigenvalue weighted by Crippen LogP contribution is -2.25. The molecule has 1 aliphatic carbocycles. The van der Waals surface area contributed by atoms with Crippen LogP contribution in [0.2, 0.25) is 5.02 Å². The van der Waals surface area contributed by atoms with Crippen molar-refractivity contribution >= 4 is 22.7 Å². The summed E-state index contributed by atoms with van der Waals surface area (Å²) in [6.07, 6.45) is 4.78. The maximum Gasteiger partial charge on any atom is 0.199 e. The predicted molar refractivity (Wildman–Crippen MR) is 72.8 cm³/mol. The molecule has 1 heterocycles. The zero-order chi connectivity index (χ0) is 12.5. The topological polar surface area (TPSA) is 52.0 Å². The molecule has 0 amide bonds. The molecule has 4 heteroatoms. The lowest BCUT2D eigenvalue weighted by Gasteiger charge is -2.27. The Balaban J connectivity index is 2.00. The molecule has 1 fully saturated rings. The first-order valence-electron chi connectivity index (χ1n) is 6.54. The molecule has 3 rings (SSSR count). The van der Waals surface area contributed by atoms with Gasteiger partial charge in [0.25, 0.3) is 0 Å². The molecule has 0 spiro atoms. The van der Waals surface area contributed by atoms with Crippen LogP contribution in [0.25, 0.3) is 11.1 Å². The van der Waals surface area contributed by atoms with Gasteiger partial charge in [-0.1, -0.05) is 30.5 Å². The lowest BCUT2D eigenvalue weighted by molar-refractivity contribution is 0.275. The third kappa shape index (κ3) is 2.02. The Morgan fingerprint density at radius 2 is 2.17 bits per heavy atom. The van der Waals surface area contributed by atoms with E-state index in [-0.39, 0.29) is 0 Å². The Bertz CT molecular complexity index is 552. The first-order chi connectivity index (χ1) is 8.79. The molecular weight excluding hydrogens is 248 g/mol. The highest BCUT2D eigenvalue weighted by molar-refractivity contribution is 6.34. The normalized spacial score (nSPS) is 24.6. The van der Waals surface area contributed by atoms with Crippen LogP contribution in [0.5, 0.6) is 0 Å². The summed E-state index contributed by atoms with van der Waals surface area (Å²) in [7, 11) is 0. The van der Waals surface area contributed by atoms with Crippen molar-refractivity contribution in [1.82, 2.24) is 4.98 Å². The number of rotatable bonds is 2. The molecule has 1 aromatic heterocycles. The van der Waals surface area contributed by atoms with E-state index in [9.17, 15) is 0 Å². The third-order valence-corrected chi connectivity index (χ3v) is 4.21. The summed E-state index contributed by atoms with van der Waals surface area (Å²) in [5.74, 6) is 1.66. The Morgan fingerprint density at radius 1 is 1.33 bits per heavy atom. The number of halogens is 1. The fraction of sp³-hybridized carbons (Fsp3) is 0.500. The van der Waals surface area contributed by atoms with Crippen LogP contribution in [-0.2, 0) is 0 Å². The van der Waals surface area contributed by atoms with E-state index in [2.05, 4.69) is 4.98 Å². The highest BCUT2D eigenvalue weighted by Gasteiger charge is 2.29. The number of hydrogen-bond donors (Lipinski definition) is 1. The number of oxazole rings is 1. The summed E-state index contributed by atoms with van der Waals surface area (Å²) < 4.78 is 5.87. The molecule has 96 valence electrons. The molecule has 0 radical (unpaired) electrons. The summed E-state index contributed by atoms with van der Waals surface area (Å²) in [5.41, 5.74) is 7.41. The molecule has 0 saturated heterocycles. The van der Waals surface area contributed by atoms with Crippen molar-refractivity contribution in [2.45, 2.75) is 31.6 Å². The van der Waals surface area contributed by atoms with Gasteiger partial charge in [0.15, 0.2) is 11.5 Å².